The molecule has 3 aliphatic rings. The molecule has 1 N–H and O–H groups in total. The molecule has 3 fully saturated rings. The van der Waals surface area contributed by atoms with E-state index in [0.717, 1.165) is 32.5 Å². The number of nitrogens with zero attached hydrogens (tertiary/aromatic N) is 1. The molecule has 2 bridgehead atoms. The lowest BCUT2D eigenvalue weighted by molar-refractivity contribution is -0.161. The molecule has 0 saturated carbocycles. The van der Waals surface area contributed by atoms with Crippen LogP contribution in [0.15, 0.2) is 24.3 Å². The molecule has 1 amide bonds. The number of benzene rings is 1. The average molecular weight is 378 g/mol. The van der Waals surface area contributed by atoms with Crippen LogP contribution in [0.4, 0.5) is 9.18 Å². The van der Waals surface area contributed by atoms with Crippen LogP contribution in [0.1, 0.15) is 45.2 Å². The molecule has 0 aliphatic carbocycles. The summed E-state index contributed by atoms with van der Waals surface area (Å²) in [5, 5.41) is 2.57. The number of ether oxygens (including phenoxy) is 2. The number of hydrogen-bond donors (Lipinski definition) is 1. The number of nitrogens with one attached hydrogen (secondary N) is 1. The molecule has 0 spiro atoms. The van der Waals surface area contributed by atoms with Gasteiger partial charge in [0, 0.05) is 6.54 Å². The molecule has 7 heteroatoms. The van der Waals surface area contributed by atoms with Crippen LogP contribution in [0.3, 0.4) is 0 Å². The average Bonchev–Trinajstić information content (AvgIpc) is 2.60. The zero-order chi connectivity index (χ0) is 19.6. The summed E-state index contributed by atoms with van der Waals surface area (Å²) in [4.78, 5) is 27.4. The SMILES string of the molecule is CC(C)(C)OC(=O)NC(C(=O)O[C@H]1CN2CCC1CC2)c1ccc(F)cc1. The summed E-state index contributed by atoms with van der Waals surface area (Å²) in [7, 11) is 0. The third kappa shape index (κ3) is 5.19. The van der Waals surface area contributed by atoms with Gasteiger partial charge >= 0.3 is 12.1 Å². The van der Waals surface area contributed by atoms with Gasteiger partial charge in [0.1, 0.15) is 17.5 Å². The quantitative estimate of drug-likeness (QED) is 0.816. The molecule has 0 aromatic heterocycles. The Hall–Kier alpha value is -2.15. The summed E-state index contributed by atoms with van der Waals surface area (Å²) >= 11 is 0. The van der Waals surface area contributed by atoms with Crippen LogP contribution in [0, 0.1) is 11.7 Å². The van der Waals surface area contributed by atoms with Crippen molar-refractivity contribution in [2.75, 3.05) is 19.6 Å². The third-order valence-electron chi connectivity index (χ3n) is 4.96. The number of alkyl carbamates (subject to hydrolysis) is 1. The highest BCUT2D eigenvalue weighted by Gasteiger charge is 2.38. The zero-order valence-electron chi connectivity index (χ0n) is 16.0. The first kappa shape index (κ1) is 19.6. The van der Waals surface area contributed by atoms with Crippen molar-refractivity contribution in [3.8, 4) is 0 Å². The lowest BCUT2D eigenvalue weighted by Gasteiger charge is -2.44. The molecule has 148 valence electrons. The molecular weight excluding hydrogens is 351 g/mol. The van der Waals surface area contributed by atoms with Crippen molar-refractivity contribution in [1.82, 2.24) is 10.2 Å². The highest BCUT2D eigenvalue weighted by atomic mass is 19.1. The molecule has 1 aromatic carbocycles. The van der Waals surface area contributed by atoms with Gasteiger partial charge in [-0.2, -0.15) is 0 Å². The molecule has 4 rings (SSSR count). The predicted octanol–water partition coefficient (Wildman–Crippen LogP) is 3.03. The van der Waals surface area contributed by atoms with E-state index in [2.05, 4.69) is 10.2 Å². The Morgan fingerprint density at radius 1 is 1.19 bits per heavy atom. The highest BCUT2D eigenvalue weighted by molar-refractivity contribution is 5.83. The molecule has 1 aromatic rings. The largest absolute Gasteiger partial charge is 0.459 e. The van der Waals surface area contributed by atoms with E-state index in [-0.39, 0.29) is 6.10 Å². The van der Waals surface area contributed by atoms with Crippen molar-refractivity contribution in [1.29, 1.82) is 0 Å². The topological polar surface area (TPSA) is 67.9 Å². The lowest BCUT2D eigenvalue weighted by Crippen LogP contribution is -2.52. The molecule has 3 heterocycles. The van der Waals surface area contributed by atoms with Gasteiger partial charge in [0.2, 0.25) is 0 Å². The fourth-order valence-corrected chi connectivity index (χ4v) is 3.62. The molecular formula is C20H27FN2O4. The van der Waals surface area contributed by atoms with E-state index < -0.39 is 29.5 Å². The Labute approximate surface area is 159 Å². The molecule has 0 radical (unpaired) electrons. The first-order valence-electron chi connectivity index (χ1n) is 9.39. The number of esters is 1. The monoisotopic (exact) mass is 378 g/mol. The number of rotatable bonds is 4. The fourth-order valence-electron chi connectivity index (χ4n) is 3.62. The van der Waals surface area contributed by atoms with Gasteiger partial charge in [0.25, 0.3) is 0 Å². The van der Waals surface area contributed by atoms with Crippen LogP contribution in [-0.4, -0.2) is 48.3 Å². The molecule has 3 aliphatic heterocycles. The van der Waals surface area contributed by atoms with Gasteiger partial charge in [0.05, 0.1) is 0 Å². The smallest absolute Gasteiger partial charge is 0.408 e. The molecule has 2 atom stereocenters. The van der Waals surface area contributed by atoms with Crippen LogP contribution < -0.4 is 5.32 Å². The van der Waals surface area contributed by atoms with Gasteiger partial charge in [-0.1, -0.05) is 12.1 Å². The first-order chi connectivity index (χ1) is 12.7. The second kappa shape index (κ2) is 7.84. The summed E-state index contributed by atoms with van der Waals surface area (Å²) in [6, 6.07) is 4.39. The summed E-state index contributed by atoms with van der Waals surface area (Å²) in [5.74, 6) is -0.610. The van der Waals surface area contributed by atoms with Crippen LogP contribution in [-0.2, 0) is 14.3 Å². The molecule has 6 nitrogen and oxygen atoms in total. The van der Waals surface area contributed by atoms with Crippen molar-refractivity contribution in [3.63, 3.8) is 0 Å². The maximum atomic E-state index is 13.3. The second-order valence-electron chi connectivity index (χ2n) is 8.24. The van der Waals surface area contributed by atoms with Crippen molar-refractivity contribution in [2.24, 2.45) is 5.92 Å². The first-order valence-corrected chi connectivity index (χ1v) is 9.39. The van der Waals surface area contributed by atoms with Crippen molar-refractivity contribution >= 4 is 12.1 Å². The maximum absolute atomic E-state index is 13.3. The standard InChI is InChI=1S/C20H27FN2O4/c1-20(2,3)27-19(25)22-17(14-4-6-15(21)7-5-14)18(24)26-16-12-23-10-8-13(16)9-11-23/h4-7,13,16-17H,8-12H2,1-3H3,(H,22,25)/t16-,17?/m0/s1. The Bertz CT molecular complexity index is 678. The van der Waals surface area contributed by atoms with Crippen molar-refractivity contribution in [2.45, 2.75) is 51.4 Å². The van der Waals surface area contributed by atoms with Crippen LogP contribution in [0.5, 0.6) is 0 Å². The van der Waals surface area contributed by atoms with E-state index in [4.69, 9.17) is 9.47 Å². The predicted molar refractivity (Wildman–Crippen MR) is 97.6 cm³/mol. The van der Waals surface area contributed by atoms with Crippen molar-refractivity contribution in [3.05, 3.63) is 35.6 Å². The minimum Gasteiger partial charge on any atom is -0.459 e. The Morgan fingerprint density at radius 2 is 1.81 bits per heavy atom. The number of halogens is 1. The van der Waals surface area contributed by atoms with Crippen LogP contribution in [0.25, 0.3) is 0 Å². The van der Waals surface area contributed by atoms with Gasteiger partial charge in [-0.3, -0.25) is 4.90 Å². The van der Waals surface area contributed by atoms with E-state index >= 15 is 0 Å². The Morgan fingerprint density at radius 3 is 2.33 bits per heavy atom. The van der Waals surface area contributed by atoms with Gasteiger partial charge in [-0.15, -0.1) is 0 Å². The van der Waals surface area contributed by atoms with Crippen LogP contribution >= 0.6 is 0 Å². The van der Waals surface area contributed by atoms with Crippen molar-refractivity contribution < 1.29 is 23.5 Å². The summed E-state index contributed by atoms with van der Waals surface area (Å²) in [6.45, 7) is 8.02. The lowest BCUT2D eigenvalue weighted by atomic mass is 9.86. The fraction of sp³-hybridized carbons (Fsp3) is 0.600. The zero-order valence-corrected chi connectivity index (χ0v) is 16.0. The Kier molecular flexibility index (Phi) is 5.69. The summed E-state index contributed by atoms with van der Waals surface area (Å²) < 4.78 is 24.3. The normalized spacial score (nSPS) is 25.6. The van der Waals surface area contributed by atoms with E-state index in [1.165, 1.54) is 24.3 Å². The van der Waals surface area contributed by atoms with Gasteiger partial charge in [-0.05, 0) is 70.3 Å². The number of hydrogen-bond acceptors (Lipinski definition) is 5. The molecule has 1 unspecified atom stereocenters. The third-order valence-corrected chi connectivity index (χ3v) is 4.96. The minimum atomic E-state index is -1.05. The Balaban J connectivity index is 1.73. The highest BCUT2D eigenvalue weighted by Crippen LogP contribution is 2.30. The minimum absolute atomic E-state index is 0.177. The maximum Gasteiger partial charge on any atom is 0.408 e. The summed E-state index contributed by atoms with van der Waals surface area (Å²) in [6.07, 6.45) is 1.13. The number of carbonyl (C=O) groups excluding carboxylic acids is 2. The number of amides is 1. The van der Waals surface area contributed by atoms with E-state index in [1.54, 1.807) is 20.8 Å². The van der Waals surface area contributed by atoms with Gasteiger partial charge in [-0.25, -0.2) is 14.0 Å². The van der Waals surface area contributed by atoms with E-state index in [9.17, 15) is 14.0 Å². The van der Waals surface area contributed by atoms with Crippen LogP contribution in [0.2, 0.25) is 0 Å². The van der Waals surface area contributed by atoms with Gasteiger partial charge < -0.3 is 14.8 Å². The number of fused-ring (bicyclic) bond motifs is 3. The van der Waals surface area contributed by atoms with E-state index in [1.807, 2.05) is 0 Å². The molecule has 27 heavy (non-hydrogen) atoms. The second-order valence-corrected chi connectivity index (χ2v) is 8.24. The van der Waals surface area contributed by atoms with E-state index in [0.29, 0.717) is 11.5 Å². The summed E-state index contributed by atoms with van der Waals surface area (Å²) in [5.41, 5.74) is -0.245. The molecule has 3 saturated heterocycles. The number of piperidine rings is 3. The van der Waals surface area contributed by atoms with Gasteiger partial charge in [0.15, 0.2) is 6.04 Å². The number of carbonyl (C=O) groups is 2.